The van der Waals surface area contributed by atoms with Crippen molar-refractivity contribution in [3.8, 4) is 16.9 Å². The minimum Gasteiger partial charge on any atom is -0.496 e. The van der Waals surface area contributed by atoms with E-state index < -0.39 is 11.9 Å². The fourth-order valence-electron chi connectivity index (χ4n) is 7.08. The van der Waals surface area contributed by atoms with E-state index >= 15 is 0 Å². The molecule has 0 saturated carbocycles. The number of ether oxygens (including phenoxy) is 1. The smallest absolute Gasteiger partial charge is 0.307 e. The van der Waals surface area contributed by atoms with E-state index in [1.807, 2.05) is 60.0 Å². The maximum atomic E-state index is 14.0. The molecule has 5 aromatic rings. The molecule has 13 heteroatoms. The number of rotatable bonds is 8. The number of carbonyl (C=O) groups is 3. The molecule has 0 aliphatic carbocycles. The molecule has 11 nitrogen and oxygen atoms in total. The van der Waals surface area contributed by atoms with Crippen molar-refractivity contribution in [1.82, 2.24) is 23.9 Å². The number of fused-ring (bicyclic) bond motifs is 2. The topological polar surface area (TPSA) is 122 Å². The standard InChI is InChI=1S/C37H36Cl2N6O5/c1-42-13-12-31-29(20-42)40-34(43(31)2)35(46)41-28-8-4-7-25(33(28)39)23-6-5-9-30-24(23)11-15-45(30)36(47)26-17-32(50-3)22(16-27(26)38)19-44-14-10-21(18-44)37(48)49/h4-9,11,15-17,21H,10,12-14,18-20H2,1-3H3,(H,41,46)(H,48,49). The third-order valence-electron chi connectivity index (χ3n) is 9.75. The van der Waals surface area contributed by atoms with Crippen LogP contribution >= 0.6 is 23.2 Å². The van der Waals surface area contributed by atoms with Crippen molar-refractivity contribution < 1.29 is 24.2 Å². The van der Waals surface area contributed by atoms with Gasteiger partial charge in [-0.1, -0.05) is 47.5 Å². The number of likely N-dealkylation sites (N-methyl/N-ethyl adjacent to an activating group) is 1. The van der Waals surface area contributed by atoms with Crippen LogP contribution < -0.4 is 10.1 Å². The molecule has 3 aromatic carbocycles. The Kier molecular flexibility index (Phi) is 9.17. The van der Waals surface area contributed by atoms with E-state index in [1.165, 1.54) is 11.7 Å². The average molecular weight is 716 g/mol. The molecule has 4 heterocycles. The van der Waals surface area contributed by atoms with Crippen LogP contribution in [0, 0.1) is 5.92 Å². The van der Waals surface area contributed by atoms with Gasteiger partial charge in [0.1, 0.15) is 5.75 Å². The largest absolute Gasteiger partial charge is 0.496 e. The Bertz CT molecular complexity index is 2180. The summed E-state index contributed by atoms with van der Waals surface area (Å²) in [5.41, 5.74) is 5.59. The van der Waals surface area contributed by atoms with E-state index in [0.717, 1.165) is 40.9 Å². The van der Waals surface area contributed by atoms with E-state index in [0.29, 0.717) is 66.0 Å². The maximum Gasteiger partial charge on any atom is 0.307 e. The first kappa shape index (κ1) is 33.8. The number of halogens is 2. The number of likely N-dealkylation sites (tertiary alicyclic amines) is 1. The van der Waals surface area contributed by atoms with Gasteiger partial charge in [-0.25, -0.2) is 4.98 Å². The molecule has 1 fully saturated rings. The number of amides is 1. The highest BCUT2D eigenvalue weighted by Gasteiger charge is 2.29. The lowest BCUT2D eigenvalue weighted by Gasteiger charge is -2.21. The number of hydrogen-bond acceptors (Lipinski definition) is 7. The zero-order valence-corrected chi connectivity index (χ0v) is 29.4. The molecule has 0 bridgehead atoms. The predicted octanol–water partition coefficient (Wildman–Crippen LogP) is 6.19. The normalized spacial score (nSPS) is 16.5. The predicted molar refractivity (Wildman–Crippen MR) is 192 cm³/mol. The fourth-order valence-corrected chi connectivity index (χ4v) is 7.62. The lowest BCUT2D eigenvalue weighted by Crippen LogP contribution is -2.27. The third-order valence-corrected chi connectivity index (χ3v) is 10.5. The van der Waals surface area contributed by atoms with Gasteiger partial charge in [-0.15, -0.1) is 0 Å². The van der Waals surface area contributed by atoms with Crippen molar-refractivity contribution in [2.45, 2.75) is 25.9 Å². The van der Waals surface area contributed by atoms with Crippen LogP contribution in [-0.4, -0.2) is 80.6 Å². The number of benzene rings is 3. The van der Waals surface area contributed by atoms with Gasteiger partial charge in [-0.2, -0.15) is 0 Å². The molecular formula is C37H36Cl2N6O5. The van der Waals surface area contributed by atoms with Crippen LogP contribution in [0.5, 0.6) is 5.75 Å². The number of nitrogens with zero attached hydrogens (tertiary/aromatic N) is 5. The van der Waals surface area contributed by atoms with Crippen molar-refractivity contribution in [2.24, 2.45) is 13.0 Å². The third kappa shape index (κ3) is 6.15. The molecule has 0 radical (unpaired) electrons. The van der Waals surface area contributed by atoms with E-state index in [4.69, 9.17) is 27.9 Å². The summed E-state index contributed by atoms with van der Waals surface area (Å²) in [5, 5.41) is 13.8. The van der Waals surface area contributed by atoms with Crippen molar-refractivity contribution in [1.29, 1.82) is 0 Å². The van der Waals surface area contributed by atoms with Crippen LogP contribution in [0.1, 0.15) is 44.3 Å². The van der Waals surface area contributed by atoms with Crippen LogP contribution in [-0.2, 0) is 31.4 Å². The SMILES string of the molecule is COc1cc(C(=O)n2ccc3c(-c4cccc(NC(=O)c5nc6c(n5C)CCN(C)C6)c4Cl)cccc32)c(Cl)cc1CN1CCC(C(=O)O)C1. The number of aromatic nitrogens is 3. The van der Waals surface area contributed by atoms with Crippen LogP contribution in [0.15, 0.2) is 60.8 Å². The molecule has 2 aromatic heterocycles. The highest BCUT2D eigenvalue weighted by molar-refractivity contribution is 6.37. The van der Waals surface area contributed by atoms with Crippen molar-refractivity contribution >= 4 is 57.6 Å². The summed E-state index contributed by atoms with van der Waals surface area (Å²) in [7, 11) is 5.43. The molecule has 50 heavy (non-hydrogen) atoms. The Morgan fingerprint density at radius 1 is 1.04 bits per heavy atom. The number of aliphatic carboxylic acids is 1. The van der Waals surface area contributed by atoms with Crippen LogP contribution in [0.3, 0.4) is 0 Å². The van der Waals surface area contributed by atoms with Crippen LogP contribution in [0.4, 0.5) is 5.69 Å². The summed E-state index contributed by atoms with van der Waals surface area (Å²) in [6, 6.07) is 16.3. The Balaban J connectivity index is 1.16. The molecule has 7 rings (SSSR count). The molecule has 2 aliphatic heterocycles. The minimum atomic E-state index is -0.797. The molecular weight excluding hydrogens is 679 g/mol. The van der Waals surface area contributed by atoms with E-state index in [1.54, 1.807) is 24.4 Å². The van der Waals surface area contributed by atoms with Gasteiger partial charge >= 0.3 is 5.97 Å². The second-order valence-corrected chi connectivity index (χ2v) is 13.7. The minimum absolute atomic E-state index is 0.268. The zero-order valence-electron chi connectivity index (χ0n) is 27.9. The number of hydrogen-bond donors (Lipinski definition) is 2. The second-order valence-electron chi connectivity index (χ2n) is 12.9. The molecule has 2 N–H and O–H groups in total. The highest BCUT2D eigenvalue weighted by Crippen LogP contribution is 2.39. The Labute approximate surface area is 299 Å². The summed E-state index contributed by atoms with van der Waals surface area (Å²) in [4.78, 5) is 47.7. The highest BCUT2D eigenvalue weighted by atomic mass is 35.5. The number of anilines is 1. The lowest BCUT2D eigenvalue weighted by molar-refractivity contribution is -0.141. The Morgan fingerprint density at radius 2 is 1.82 bits per heavy atom. The average Bonchev–Trinajstić information content (AvgIpc) is 3.83. The van der Waals surface area contributed by atoms with Gasteiger partial charge in [0.15, 0.2) is 5.82 Å². The van der Waals surface area contributed by atoms with E-state index in [9.17, 15) is 19.5 Å². The zero-order chi connectivity index (χ0) is 35.3. The number of methoxy groups -OCH3 is 1. The number of carboxylic acid groups (broad SMARTS) is 1. The van der Waals surface area contributed by atoms with E-state index in [2.05, 4.69) is 15.2 Å². The van der Waals surface area contributed by atoms with Gasteiger partial charge in [0, 0.05) is 68.1 Å². The monoisotopic (exact) mass is 714 g/mol. The molecule has 2 aliphatic rings. The van der Waals surface area contributed by atoms with Crippen LogP contribution in [0.25, 0.3) is 22.0 Å². The van der Waals surface area contributed by atoms with Gasteiger partial charge in [-0.3, -0.25) is 23.9 Å². The van der Waals surface area contributed by atoms with Crippen LogP contribution in [0.2, 0.25) is 10.0 Å². The van der Waals surface area contributed by atoms with Gasteiger partial charge in [0.05, 0.1) is 45.5 Å². The molecule has 1 atom stereocenters. The summed E-state index contributed by atoms with van der Waals surface area (Å²) < 4.78 is 9.05. The van der Waals surface area contributed by atoms with E-state index in [-0.39, 0.29) is 22.4 Å². The molecule has 0 spiro atoms. The van der Waals surface area contributed by atoms with Crippen molar-refractivity contribution in [3.05, 3.63) is 99.2 Å². The Morgan fingerprint density at radius 3 is 2.58 bits per heavy atom. The van der Waals surface area contributed by atoms with Crippen molar-refractivity contribution in [3.63, 3.8) is 0 Å². The maximum absolute atomic E-state index is 14.0. The van der Waals surface area contributed by atoms with Gasteiger partial charge in [0.25, 0.3) is 11.8 Å². The number of carbonyl (C=O) groups excluding carboxylic acids is 2. The summed E-state index contributed by atoms with van der Waals surface area (Å²) in [6.45, 7) is 3.15. The molecule has 258 valence electrons. The summed E-state index contributed by atoms with van der Waals surface area (Å²) in [5.74, 6) is -1.06. The number of nitrogens with one attached hydrogen (secondary N) is 1. The molecule has 1 saturated heterocycles. The quantitative estimate of drug-likeness (QED) is 0.195. The first-order valence-electron chi connectivity index (χ1n) is 16.3. The number of imidazole rings is 1. The Hall–Kier alpha value is -4.68. The molecule has 1 unspecified atom stereocenters. The summed E-state index contributed by atoms with van der Waals surface area (Å²) in [6.07, 6.45) is 3.11. The number of carboxylic acids is 1. The van der Waals surface area contributed by atoms with Gasteiger partial charge in [-0.05, 0) is 55.9 Å². The fraction of sp³-hybridized carbons (Fsp3) is 0.297. The first-order chi connectivity index (χ1) is 24.0. The first-order valence-corrected chi connectivity index (χ1v) is 17.1. The lowest BCUT2D eigenvalue weighted by atomic mass is 10.0. The van der Waals surface area contributed by atoms with Gasteiger partial charge in [0.2, 0.25) is 0 Å². The molecule has 1 amide bonds. The van der Waals surface area contributed by atoms with Crippen molar-refractivity contribution in [2.75, 3.05) is 39.1 Å². The summed E-state index contributed by atoms with van der Waals surface area (Å²) >= 11 is 13.7. The second kappa shape index (κ2) is 13.6. The van der Waals surface area contributed by atoms with Gasteiger partial charge < -0.3 is 24.6 Å².